The molecule has 0 spiro atoms. The molecule has 0 saturated heterocycles. The molecule has 3 heterocycles. The quantitative estimate of drug-likeness (QED) is 0.346. The van der Waals surface area contributed by atoms with Crippen LogP contribution in [0.1, 0.15) is 15.2 Å². The third-order valence-electron chi connectivity index (χ3n) is 3.63. The fourth-order valence-electron chi connectivity index (χ4n) is 2.56. The summed E-state index contributed by atoms with van der Waals surface area (Å²) in [6.07, 6.45) is 4.02. The van der Waals surface area contributed by atoms with Gasteiger partial charge in [-0.1, -0.05) is 22.0 Å². The maximum atomic E-state index is 12.9. The van der Waals surface area contributed by atoms with Gasteiger partial charge in [0.05, 0.1) is 9.73 Å². The third-order valence-corrected chi connectivity index (χ3v) is 6.44. The maximum Gasteiger partial charge on any atom is 0.205 e. The number of carbonyl (C=O) groups is 1. The minimum Gasteiger partial charge on any atom is -0.298 e. The maximum absolute atomic E-state index is 12.9. The van der Waals surface area contributed by atoms with Gasteiger partial charge in [-0.15, -0.1) is 23.1 Å². The van der Waals surface area contributed by atoms with E-state index < -0.39 is 0 Å². The second-order valence-corrected chi connectivity index (χ2v) is 8.01. The van der Waals surface area contributed by atoms with Crippen LogP contribution >= 0.6 is 39.0 Å². The predicted molar refractivity (Wildman–Crippen MR) is 99.9 cm³/mol. The van der Waals surface area contributed by atoms with Crippen molar-refractivity contribution in [2.75, 3.05) is 6.26 Å². The number of carbonyl (C=O) groups excluding carboxylic acids is 1. The largest absolute Gasteiger partial charge is 0.298 e. The topological polar surface area (TPSA) is 34.4 Å². The predicted octanol–water partition coefficient (Wildman–Crippen LogP) is 5.26. The van der Waals surface area contributed by atoms with Crippen molar-refractivity contribution in [3.8, 4) is 0 Å². The monoisotopic (exact) mass is 402 g/mol. The molecular weight excluding hydrogens is 392 g/mol. The van der Waals surface area contributed by atoms with Crippen molar-refractivity contribution in [1.82, 2.24) is 9.38 Å². The van der Waals surface area contributed by atoms with E-state index in [4.69, 9.17) is 0 Å². The van der Waals surface area contributed by atoms with E-state index in [0.29, 0.717) is 10.4 Å². The molecule has 0 unspecified atom stereocenters. The number of thioether (sulfide) groups is 1. The summed E-state index contributed by atoms with van der Waals surface area (Å²) in [6, 6.07) is 13.3. The summed E-state index contributed by atoms with van der Waals surface area (Å²) in [5.74, 6) is 0.0243. The van der Waals surface area contributed by atoms with E-state index in [1.165, 1.54) is 11.3 Å². The molecule has 3 nitrogen and oxygen atoms in total. The molecule has 0 aliphatic carbocycles. The molecule has 0 saturated carbocycles. The number of ketones is 1. The van der Waals surface area contributed by atoms with Gasteiger partial charge in [-0.25, -0.2) is 4.98 Å². The lowest BCUT2D eigenvalue weighted by atomic mass is 10.1. The smallest absolute Gasteiger partial charge is 0.205 e. The van der Waals surface area contributed by atoms with Crippen LogP contribution in [0.25, 0.3) is 16.7 Å². The van der Waals surface area contributed by atoms with Crippen LogP contribution in [0.3, 0.4) is 0 Å². The zero-order valence-corrected chi connectivity index (χ0v) is 15.3. The average molecular weight is 403 g/mol. The van der Waals surface area contributed by atoms with E-state index in [1.54, 1.807) is 11.8 Å². The zero-order chi connectivity index (χ0) is 16.0. The molecule has 0 aliphatic rings. The fourth-order valence-corrected chi connectivity index (χ4v) is 4.73. The number of benzene rings is 1. The summed E-state index contributed by atoms with van der Waals surface area (Å²) < 4.78 is 4.12. The molecule has 23 heavy (non-hydrogen) atoms. The highest BCUT2D eigenvalue weighted by atomic mass is 79.9. The number of hydrogen-bond acceptors (Lipinski definition) is 4. The second kappa shape index (κ2) is 5.78. The van der Waals surface area contributed by atoms with Crippen LogP contribution in [0.4, 0.5) is 0 Å². The van der Waals surface area contributed by atoms with Crippen molar-refractivity contribution in [3.63, 3.8) is 0 Å². The van der Waals surface area contributed by atoms with Crippen LogP contribution < -0.4 is 0 Å². The Hall–Kier alpha value is -1.63. The lowest BCUT2D eigenvalue weighted by molar-refractivity contribution is 0.104. The standard InChI is InChI=1S/C17H11BrN2OS2/c1-22-17-14-13(19-12-4-2-3-9-20(12)14)16(23-17)15(21)10-5-7-11(18)8-6-10/h2-9H,1H3. The zero-order valence-electron chi connectivity index (χ0n) is 12.1. The first kappa shape index (κ1) is 14.9. The normalized spacial score (nSPS) is 11.4. The van der Waals surface area contributed by atoms with Crippen molar-refractivity contribution >= 4 is 61.5 Å². The molecular formula is C17H11BrN2OS2. The van der Waals surface area contributed by atoms with E-state index in [1.807, 2.05) is 54.9 Å². The number of halogens is 1. The molecule has 1 aromatic carbocycles. The Morgan fingerprint density at radius 2 is 2.00 bits per heavy atom. The van der Waals surface area contributed by atoms with E-state index in [9.17, 15) is 4.79 Å². The van der Waals surface area contributed by atoms with Crippen LogP contribution in [0.2, 0.25) is 0 Å². The molecule has 0 aliphatic heterocycles. The lowest BCUT2D eigenvalue weighted by Crippen LogP contribution is -1.98. The van der Waals surface area contributed by atoms with Crippen LogP contribution in [-0.2, 0) is 0 Å². The van der Waals surface area contributed by atoms with Crippen molar-refractivity contribution in [2.24, 2.45) is 0 Å². The molecule has 0 N–H and O–H groups in total. The number of rotatable bonds is 3. The first-order valence-electron chi connectivity index (χ1n) is 6.93. The Morgan fingerprint density at radius 3 is 2.74 bits per heavy atom. The summed E-state index contributed by atoms with van der Waals surface area (Å²) in [6.45, 7) is 0. The van der Waals surface area contributed by atoms with Gasteiger partial charge in [-0.2, -0.15) is 0 Å². The van der Waals surface area contributed by atoms with Gasteiger partial charge in [0.15, 0.2) is 0 Å². The first-order chi connectivity index (χ1) is 11.2. The number of imidazole rings is 1. The Morgan fingerprint density at radius 1 is 1.22 bits per heavy atom. The number of thiophene rings is 1. The summed E-state index contributed by atoms with van der Waals surface area (Å²) in [5, 5.41) is 0. The van der Waals surface area contributed by atoms with Gasteiger partial charge in [-0.05, 0) is 42.7 Å². The van der Waals surface area contributed by atoms with Gasteiger partial charge in [-0.3, -0.25) is 9.20 Å². The number of pyridine rings is 1. The van der Waals surface area contributed by atoms with Crippen molar-refractivity contribution in [2.45, 2.75) is 4.21 Å². The molecule has 6 heteroatoms. The Bertz CT molecular complexity index is 1030. The highest BCUT2D eigenvalue weighted by Crippen LogP contribution is 2.38. The van der Waals surface area contributed by atoms with Gasteiger partial charge in [0.25, 0.3) is 0 Å². The number of hydrogen-bond donors (Lipinski definition) is 0. The molecule has 4 rings (SSSR count). The molecule has 0 bridgehead atoms. The van der Waals surface area contributed by atoms with E-state index in [-0.39, 0.29) is 5.78 Å². The Kier molecular flexibility index (Phi) is 3.75. The summed E-state index contributed by atoms with van der Waals surface area (Å²) in [5.41, 5.74) is 3.36. The van der Waals surface area contributed by atoms with Crippen LogP contribution in [-0.4, -0.2) is 21.4 Å². The van der Waals surface area contributed by atoms with Gasteiger partial charge >= 0.3 is 0 Å². The van der Waals surface area contributed by atoms with Crippen molar-refractivity contribution in [3.05, 3.63) is 63.6 Å². The third kappa shape index (κ3) is 2.41. The van der Waals surface area contributed by atoms with Gasteiger partial charge in [0.1, 0.15) is 16.0 Å². The average Bonchev–Trinajstić information content (AvgIpc) is 3.11. The van der Waals surface area contributed by atoms with Crippen molar-refractivity contribution < 1.29 is 4.79 Å². The van der Waals surface area contributed by atoms with E-state index in [0.717, 1.165) is 25.4 Å². The molecule has 3 aromatic heterocycles. The van der Waals surface area contributed by atoms with Gasteiger partial charge in [0.2, 0.25) is 5.78 Å². The molecule has 4 aromatic rings. The van der Waals surface area contributed by atoms with Crippen LogP contribution in [0, 0.1) is 0 Å². The Balaban J connectivity index is 1.96. The minimum atomic E-state index is 0.0243. The Labute approximate surface area is 149 Å². The molecule has 0 fully saturated rings. The summed E-state index contributed by atoms with van der Waals surface area (Å²) in [4.78, 5) is 18.3. The van der Waals surface area contributed by atoms with Gasteiger partial charge in [0, 0.05) is 16.2 Å². The van der Waals surface area contributed by atoms with Crippen molar-refractivity contribution in [1.29, 1.82) is 0 Å². The number of nitrogens with zero attached hydrogens (tertiary/aromatic N) is 2. The van der Waals surface area contributed by atoms with Gasteiger partial charge < -0.3 is 0 Å². The lowest BCUT2D eigenvalue weighted by Gasteiger charge is -1.98. The summed E-state index contributed by atoms with van der Waals surface area (Å²) >= 11 is 6.57. The molecule has 0 atom stereocenters. The molecule has 0 amide bonds. The highest BCUT2D eigenvalue weighted by molar-refractivity contribution is 9.10. The SMILES string of the molecule is CSc1sc(C(=O)c2ccc(Br)cc2)c2nc3ccccn3c12. The van der Waals surface area contributed by atoms with Crippen LogP contribution in [0.15, 0.2) is 57.3 Å². The first-order valence-corrected chi connectivity index (χ1v) is 9.76. The second-order valence-electron chi connectivity index (χ2n) is 5.00. The summed E-state index contributed by atoms with van der Waals surface area (Å²) in [7, 11) is 0. The van der Waals surface area contributed by atoms with Crippen LogP contribution in [0.5, 0.6) is 0 Å². The highest BCUT2D eigenvalue weighted by Gasteiger charge is 2.22. The minimum absolute atomic E-state index is 0.0243. The number of aromatic nitrogens is 2. The van der Waals surface area contributed by atoms with E-state index >= 15 is 0 Å². The fraction of sp³-hybridized carbons (Fsp3) is 0.0588. The van der Waals surface area contributed by atoms with E-state index in [2.05, 4.69) is 25.3 Å². The molecule has 0 radical (unpaired) electrons. The molecule has 114 valence electrons. The number of fused-ring (bicyclic) bond motifs is 3.